The van der Waals surface area contributed by atoms with Crippen molar-refractivity contribution < 1.29 is 4.57 Å². The zero-order chi connectivity index (χ0) is 19.2. The lowest BCUT2D eigenvalue weighted by Gasteiger charge is -2.40. The van der Waals surface area contributed by atoms with E-state index >= 15 is 0 Å². The van der Waals surface area contributed by atoms with Crippen molar-refractivity contribution in [1.29, 1.82) is 0 Å². The third-order valence-corrected chi connectivity index (χ3v) is 11.4. The molecule has 2 aromatic carbocycles. The van der Waals surface area contributed by atoms with E-state index in [1.165, 1.54) is 52.5 Å². The number of fused-ring (bicyclic) bond motifs is 1. The maximum atomic E-state index is 2.61. The van der Waals surface area contributed by atoms with Gasteiger partial charge in [0.05, 0.1) is 13.5 Å². The molecule has 0 unspecified atom stereocenters. The lowest BCUT2D eigenvalue weighted by molar-refractivity contribution is -0.659. The molecule has 0 spiro atoms. The second-order valence-electron chi connectivity index (χ2n) is 9.62. The lowest BCUT2D eigenvalue weighted by Crippen LogP contribution is -2.48. The third kappa shape index (κ3) is 3.36. The number of rotatable bonds is 2. The number of benzene rings is 2. The number of aromatic nitrogens is 1. The van der Waals surface area contributed by atoms with Crippen LogP contribution in [0.2, 0.25) is 18.6 Å². The van der Waals surface area contributed by atoms with Crippen molar-refractivity contribution in [3.8, 4) is 11.3 Å². The monoisotopic (exact) mass is 374 g/mol. The summed E-state index contributed by atoms with van der Waals surface area (Å²) in [6.07, 6.45) is 4.99. The summed E-state index contributed by atoms with van der Waals surface area (Å²) in [7, 11) is 0.814. The first-order valence-corrected chi connectivity index (χ1v) is 13.2. The van der Waals surface area contributed by atoms with Gasteiger partial charge in [-0.1, -0.05) is 80.8 Å². The Morgan fingerprint density at radius 1 is 0.963 bits per heavy atom. The van der Waals surface area contributed by atoms with E-state index < -0.39 is 8.07 Å². The molecule has 2 heterocycles. The van der Waals surface area contributed by atoms with Crippen LogP contribution < -0.4 is 9.75 Å². The van der Waals surface area contributed by atoms with Crippen molar-refractivity contribution in [2.24, 2.45) is 12.5 Å². The smallest absolute Gasteiger partial charge is 0.200 e. The highest BCUT2D eigenvalue weighted by Gasteiger charge is 2.38. The Kier molecular flexibility index (Phi) is 4.50. The average Bonchev–Trinajstić information content (AvgIpc) is 2.65. The summed E-state index contributed by atoms with van der Waals surface area (Å²) in [5.41, 5.74) is 4.53. The Bertz CT molecular complexity index is 992. The molecule has 0 radical (unpaired) electrons. The maximum Gasteiger partial charge on any atom is 0.220 e. The summed E-state index contributed by atoms with van der Waals surface area (Å²) >= 11 is 0. The minimum atomic E-state index is -1.35. The predicted molar refractivity (Wildman–Crippen MR) is 119 cm³/mol. The van der Waals surface area contributed by atoms with Gasteiger partial charge < -0.3 is 0 Å². The second-order valence-corrected chi connectivity index (χ2v) is 14.3. The maximum absolute atomic E-state index is 2.61. The molecule has 1 saturated heterocycles. The van der Waals surface area contributed by atoms with Gasteiger partial charge in [0.1, 0.15) is 7.05 Å². The Labute approximate surface area is 165 Å². The molecule has 27 heavy (non-hydrogen) atoms. The normalized spacial score (nSPS) is 18.6. The molecule has 2 heteroatoms. The highest BCUT2D eigenvalue weighted by Crippen LogP contribution is 2.40. The van der Waals surface area contributed by atoms with Gasteiger partial charge in [-0.15, -0.1) is 0 Å². The molecule has 1 aliphatic rings. The van der Waals surface area contributed by atoms with Gasteiger partial charge in [0.25, 0.3) is 0 Å². The minimum absolute atomic E-state index is 0.537. The first-order chi connectivity index (χ1) is 12.8. The highest BCUT2D eigenvalue weighted by molar-refractivity contribution is 6.91. The molecule has 0 aliphatic carbocycles. The number of pyridine rings is 1. The van der Waals surface area contributed by atoms with Crippen LogP contribution in [-0.4, -0.2) is 8.07 Å². The van der Waals surface area contributed by atoms with E-state index in [1.54, 1.807) is 5.19 Å². The fraction of sp³-hybridized carbons (Fsp3) is 0.400. The van der Waals surface area contributed by atoms with Gasteiger partial charge in [-0.05, 0) is 35.4 Å². The Morgan fingerprint density at radius 2 is 1.67 bits per heavy atom. The summed E-state index contributed by atoms with van der Waals surface area (Å²) in [5, 5.41) is 4.41. The zero-order valence-corrected chi connectivity index (χ0v) is 18.5. The van der Waals surface area contributed by atoms with Crippen LogP contribution in [0.3, 0.4) is 0 Å². The number of nitrogens with zero attached hydrogens (tertiary/aromatic N) is 1. The van der Waals surface area contributed by atoms with Gasteiger partial charge in [0, 0.05) is 11.6 Å². The van der Waals surface area contributed by atoms with Crippen LogP contribution in [0.15, 0.2) is 54.7 Å². The Hall–Kier alpha value is -1.93. The van der Waals surface area contributed by atoms with Crippen LogP contribution in [0, 0.1) is 12.3 Å². The van der Waals surface area contributed by atoms with Gasteiger partial charge in [-0.2, -0.15) is 0 Å². The van der Waals surface area contributed by atoms with Crippen LogP contribution in [0.5, 0.6) is 0 Å². The van der Waals surface area contributed by atoms with E-state index in [0.717, 1.165) is 0 Å². The number of aryl methyl sites for hydroxylation is 2. The molecule has 0 bridgehead atoms. The molecule has 140 valence electrons. The van der Waals surface area contributed by atoms with Crippen molar-refractivity contribution in [1.82, 2.24) is 0 Å². The van der Waals surface area contributed by atoms with E-state index in [9.17, 15) is 0 Å². The van der Waals surface area contributed by atoms with Gasteiger partial charge in [-0.3, -0.25) is 0 Å². The lowest BCUT2D eigenvalue weighted by atomic mass is 9.87. The van der Waals surface area contributed by atoms with E-state index in [-0.39, 0.29) is 0 Å². The molecule has 0 atom stereocenters. The van der Waals surface area contributed by atoms with Crippen molar-refractivity contribution in [2.45, 2.75) is 52.2 Å². The van der Waals surface area contributed by atoms with E-state index in [1.807, 2.05) is 0 Å². The third-order valence-electron chi connectivity index (χ3n) is 6.94. The Morgan fingerprint density at radius 3 is 2.37 bits per heavy atom. The molecular formula is C25H32NSi+. The molecule has 1 aliphatic heterocycles. The van der Waals surface area contributed by atoms with E-state index in [4.69, 9.17) is 0 Å². The molecule has 3 aromatic rings. The molecule has 4 rings (SSSR count). The fourth-order valence-corrected chi connectivity index (χ4v) is 8.96. The van der Waals surface area contributed by atoms with Crippen molar-refractivity contribution in [2.75, 3.05) is 0 Å². The zero-order valence-electron chi connectivity index (χ0n) is 17.5. The van der Waals surface area contributed by atoms with Gasteiger partial charge >= 0.3 is 0 Å². The summed E-state index contributed by atoms with van der Waals surface area (Å²) in [5.74, 6) is 0. The van der Waals surface area contributed by atoms with Crippen LogP contribution in [0.1, 0.15) is 32.3 Å². The predicted octanol–water partition coefficient (Wildman–Crippen LogP) is 5.75. The second kappa shape index (κ2) is 6.59. The SMILES string of the molecule is Cc1ccccc1-c1c2ccc([Si]3(C)CCC(C)(C)CC3)cc2cc[n+]1C. The Balaban J connectivity index is 1.81. The molecule has 0 saturated carbocycles. The molecule has 1 nitrogen and oxygen atoms in total. The van der Waals surface area contributed by atoms with Gasteiger partial charge in [0.2, 0.25) is 5.69 Å². The van der Waals surface area contributed by atoms with Crippen LogP contribution in [0.4, 0.5) is 0 Å². The summed E-state index contributed by atoms with van der Waals surface area (Å²) < 4.78 is 2.27. The van der Waals surface area contributed by atoms with Crippen LogP contribution >= 0.6 is 0 Å². The van der Waals surface area contributed by atoms with Crippen molar-refractivity contribution in [3.05, 3.63) is 60.3 Å². The topological polar surface area (TPSA) is 3.88 Å². The van der Waals surface area contributed by atoms with E-state index in [2.05, 4.69) is 93.7 Å². The summed E-state index contributed by atoms with van der Waals surface area (Å²) in [6, 6.07) is 21.2. The minimum Gasteiger partial charge on any atom is -0.200 e. The fourth-order valence-electron chi connectivity index (χ4n) is 4.69. The highest BCUT2D eigenvalue weighted by atomic mass is 28.3. The quantitative estimate of drug-likeness (QED) is 0.397. The standard InChI is InChI=1S/C25H32NSi/c1-19-8-6-7-9-22(19)24-23-11-10-21(18-20(23)12-15-26(24)4)27(5)16-13-25(2,3)14-17-27/h6-12,15,18H,13-14,16-17H2,1-5H3/q+1. The first-order valence-electron chi connectivity index (χ1n) is 10.3. The number of hydrogen-bond donors (Lipinski definition) is 0. The molecular weight excluding hydrogens is 342 g/mol. The number of hydrogen-bond acceptors (Lipinski definition) is 0. The van der Waals surface area contributed by atoms with E-state index in [0.29, 0.717) is 5.41 Å². The molecule has 0 N–H and O–H groups in total. The summed E-state index contributed by atoms with van der Waals surface area (Å²) in [6.45, 7) is 9.69. The molecule has 0 amide bonds. The van der Waals surface area contributed by atoms with Crippen LogP contribution in [-0.2, 0) is 7.05 Å². The largest absolute Gasteiger partial charge is 0.220 e. The first kappa shape index (κ1) is 18.4. The average molecular weight is 375 g/mol. The molecule has 1 fully saturated rings. The van der Waals surface area contributed by atoms with Crippen LogP contribution in [0.25, 0.3) is 22.0 Å². The van der Waals surface area contributed by atoms with Gasteiger partial charge in [0.15, 0.2) is 6.20 Å². The van der Waals surface area contributed by atoms with Crippen molar-refractivity contribution >= 4 is 24.0 Å². The van der Waals surface area contributed by atoms with Crippen molar-refractivity contribution in [3.63, 3.8) is 0 Å². The summed E-state index contributed by atoms with van der Waals surface area (Å²) in [4.78, 5) is 0. The molecule has 1 aromatic heterocycles. The van der Waals surface area contributed by atoms with Gasteiger partial charge in [-0.25, -0.2) is 4.57 Å².